The minimum absolute atomic E-state index is 0.291. The fourth-order valence-electron chi connectivity index (χ4n) is 2.05. The maximum Gasteiger partial charge on any atom is 0.254 e. The molecule has 135 valence electrons. The van der Waals surface area contributed by atoms with Crippen molar-refractivity contribution in [1.82, 2.24) is 16.0 Å². The fourth-order valence-corrected chi connectivity index (χ4v) is 2.49. The lowest BCUT2D eigenvalue weighted by Gasteiger charge is -2.37. The van der Waals surface area contributed by atoms with Gasteiger partial charge in [-0.05, 0) is 33.7 Å². The first-order valence-corrected chi connectivity index (χ1v) is 8.66. The molecule has 0 fully saturated rings. The standard InChI is InChI=1S/C15H33N4O3Si/c1-11(2)18-14(19-12(3)4)16-8-9-17-15(21-6,22-7)13(10-23)20-5/h11-13,17H,8-10H2,1-7H3,(H2,16,18,19). The van der Waals surface area contributed by atoms with Crippen LogP contribution in [0.4, 0.5) is 0 Å². The Morgan fingerprint density at radius 1 is 1.04 bits per heavy atom. The van der Waals surface area contributed by atoms with Crippen LogP contribution in [0.5, 0.6) is 0 Å². The Balaban J connectivity index is 4.69. The van der Waals surface area contributed by atoms with E-state index in [0.717, 1.165) is 5.96 Å². The molecule has 23 heavy (non-hydrogen) atoms. The number of nitrogens with zero attached hydrogens (tertiary/aromatic N) is 1. The van der Waals surface area contributed by atoms with Gasteiger partial charge >= 0.3 is 0 Å². The molecule has 0 aliphatic rings. The number of ether oxygens (including phenoxy) is 3. The Morgan fingerprint density at radius 2 is 1.57 bits per heavy atom. The predicted molar refractivity (Wildman–Crippen MR) is 95.0 cm³/mol. The number of rotatable bonds is 11. The maximum atomic E-state index is 5.50. The summed E-state index contributed by atoms with van der Waals surface area (Å²) in [6.45, 7) is 9.47. The zero-order valence-electron chi connectivity index (χ0n) is 15.5. The molecular weight excluding hydrogens is 312 g/mol. The van der Waals surface area contributed by atoms with Crippen LogP contribution < -0.4 is 16.0 Å². The largest absolute Gasteiger partial charge is 0.375 e. The van der Waals surface area contributed by atoms with Gasteiger partial charge in [0, 0.05) is 50.2 Å². The van der Waals surface area contributed by atoms with E-state index in [1.54, 1.807) is 21.3 Å². The van der Waals surface area contributed by atoms with Gasteiger partial charge in [-0.1, -0.05) is 0 Å². The number of hydrogen-bond acceptors (Lipinski definition) is 5. The van der Waals surface area contributed by atoms with Gasteiger partial charge in [-0.3, -0.25) is 10.3 Å². The van der Waals surface area contributed by atoms with E-state index in [1.807, 2.05) is 0 Å². The average Bonchev–Trinajstić information content (AvgIpc) is 2.49. The summed E-state index contributed by atoms with van der Waals surface area (Å²) in [5.41, 5.74) is 0. The molecule has 0 aromatic rings. The van der Waals surface area contributed by atoms with E-state index in [0.29, 0.717) is 31.2 Å². The first-order chi connectivity index (χ1) is 10.8. The molecule has 3 radical (unpaired) electrons. The molecule has 0 amide bonds. The molecule has 0 heterocycles. The van der Waals surface area contributed by atoms with Gasteiger partial charge in [0.05, 0.1) is 6.54 Å². The minimum atomic E-state index is -1.01. The lowest BCUT2D eigenvalue weighted by atomic mass is 10.3. The fraction of sp³-hybridized carbons (Fsp3) is 0.933. The summed E-state index contributed by atoms with van der Waals surface area (Å²) in [4.78, 5) is 4.55. The molecule has 0 bridgehead atoms. The van der Waals surface area contributed by atoms with Gasteiger partial charge in [0.25, 0.3) is 5.91 Å². The topological polar surface area (TPSA) is 76.1 Å². The van der Waals surface area contributed by atoms with Crippen LogP contribution in [0.25, 0.3) is 0 Å². The van der Waals surface area contributed by atoms with E-state index in [2.05, 4.69) is 58.9 Å². The van der Waals surface area contributed by atoms with Crippen LogP contribution in [0, 0.1) is 0 Å². The monoisotopic (exact) mass is 345 g/mol. The highest BCUT2D eigenvalue weighted by Gasteiger charge is 2.38. The molecule has 0 rings (SSSR count). The van der Waals surface area contributed by atoms with Crippen molar-refractivity contribution in [2.45, 2.75) is 57.8 Å². The second-order valence-electron chi connectivity index (χ2n) is 5.76. The zero-order valence-corrected chi connectivity index (χ0v) is 16.5. The molecule has 0 saturated carbocycles. The maximum absolute atomic E-state index is 5.50. The first-order valence-electron chi connectivity index (χ1n) is 7.95. The van der Waals surface area contributed by atoms with Crippen molar-refractivity contribution < 1.29 is 14.2 Å². The van der Waals surface area contributed by atoms with Crippen molar-refractivity contribution in [3.63, 3.8) is 0 Å². The summed E-state index contributed by atoms with van der Waals surface area (Å²) in [5.74, 6) is -0.219. The van der Waals surface area contributed by atoms with Crippen molar-refractivity contribution in [3.8, 4) is 0 Å². The second kappa shape index (κ2) is 11.8. The van der Waals surface area contributed by atoms with Gasteiger partial charge in [-0.2, -0.15) is 0 Å². The summed E-state index contributed by atoms with van der Waals surface area (Å²) < 4.78 is 16.4. The highest BCUT2D eigenvalue weighted by Crippen LogP contribution is 2.18. The second-order valence-corrected chi connectivity index (χ2v) is 6.17. The molecule has 0 aliphatic heterocycles. The smallest absolute Gasteiger partial charge is 0.254 e. The summed E-state index contributed by atoms with van der Waals surface area (Å²) in [6.07, 6.45) is -0.291. The van der Waals surface area contributed by atoms with Crippen LogP contribution in [0.15, 0.2) is 4.99 Å². The van der Waals surface area contributed by atoms with Crippen molar-refractivity contribution in [2.75, 3.05) is 34.4 Å². The van der Waals surface area contributed by atoms with Gasteiger partial charge in [0.2, 0.25) is 0 Å². The molecule has 0 aromatic carbocycles. The molecule has 3 N–H and O–H groups in total. The Labute approximate surface area is 144 Å². The Hall–Kier alpha value is -0.673. The summed E-state index contributed by atoms with van der Waals surface area (Å²) in [5, 5.41) is 9.83. The number of aliphatic imine (C=N–C) groups is 1. The van der Waals surface area contributed by atoms with Gasteiger partial charge < -0.3 is 24.8 Å². The van der Waals surface area contributed by atoms with Gasteiger partial charge in [0.1, 0.15) is 6.10 Å². The molecule has 7 nitrogen and oxygen atoms in total. The molecule has 0 aliphatic carbocycles. The van der Waals surface area contributed by atoms with Crippen molar-refractivity contribution >= 4 is 16.2 Å². The van der Waals surface area contributed by atoms with Gasteiger partial charge in [-0.15, -0.1) is 0 Å². The van der Waals surface area contributed by atoms with E-state index >= 15 is 0 Å². The summed E-state index contributed by atoms with van der Waals surface area (Å²) in [7, 11) is 8.24. The number of methoxy groups -OCH3 is 3. The van der Waals surface area contributed by atoms with E-state index < -0.39 is 5.91 Å². The third-order valence-corrected chi connectivity index (χ3v) is 3.47. The number of guanidine groups is 1. The highest BCUT2D eigenvalue weighted by molar-refractivity contribution is 6.08. The summed E-state index contributed by atoms with van der Waals surface area (Å²) >= 11 is 0. The molecule has 0 aromatic heterocycles. The first kappa shape index (κ1) is 22.3. The zero-order chi connectivity index (χ0) is 17.9. The molecule has 1 unspecified atom stereocenters. The van der Waals surface area contributed by atoms with Crippen molar-refractivity contribution in [1.29, 1.82) is 0 Å². The van der Waals surface area contributed by atoms with Gasteiger partial charge in [0.15, 0.2) is 5.96 Å². The molecule has 1 atom stereocenters. The van der Waals surface area contributed by atoms with E-state index in [-0.39, 0.29) is 6.10 Å². The minimum Gasteiger partial charge on any atom is -0.375 e. The molecule has 0 spiro atoms. The quantitative estimate of drug-likeness (QED) is 0.166. The van der Waals surface area contributed by atoms with Crippen LogP contribution in [-0.2, 0) is 14.2 Å². The lowest BCUT2D eigenvalue weighted by Crippen LogP contribution is -2.58. The van der Waals surface area contributed by atoms with Crippen LogP contribution >= 0.6 is 0 Å². The Kier molecular flexibility index (Phi) is 11.5. The van der Waals surface area contributed by atoms with E-state index in [4.69, 9.17) is 14.2 Å². The molecule has 8 heteroatoms. The molecular formula is C15H33N4O3Si. The van der Waals surface area contributed by atoms with Crippen molar-refractivity contribution in [3.05, 3.63) is 0 Å². The van der Waals surface area contributed by atoms with Crippen LogP contribution in [0.1, 0.15) is 27.7 Å². The molecule has 0 saturated heterocycles. The lowest BCUT2D eigenvalue weighted by molar-refractivity contribution is -0.277. The number of nitrogens with one attached hydrogen (secondary N) is 3. The van der Waals surface area contributed by atoms with E-state index in [9.17, 15) is 0 Å². The van der Waals surface area contributed by atoms with Crippen LogP contribution in [-0.4, -0.2) is 74.7 Å². The third-order valence-electron chi connectivity index (χ3n) is 3.10. The predicted octanol–water partition coefficient (Wildman–Crippen LogP) is 0.476. The Bertz CT molecular complexity index is 321. The third kappa shape index (κ3) is 8.12. The number of hydrogen-bond donors (Lipinski definition) is 3. The van der Waals surface area contributed by atoms with Crippen molar-refractivity contribution in [2.24, 2.45) is 4.99 Å². The Morgan fingerprint density at radius 3 is 1.91 bits per heavy atom. The SMILES string of the molecule is COC(C[Si])C(NCCN=C(NC(C)C)NC(C)C)(OC)OC. The van der Waals surface area contributed by atoms with Crippen LogP contribution in [0.2, 0.25) is 6.04 Å². The highest BCUT2D eigenvalue weighted by atomic mass is 28.1. The summed E-state index contributed by atoms with van der Waals surface area (Å²) in [6, 6.07) is 1.20. The van der Waals surface area contributed by atoms with Gasteiger partial charge in [-0.25, -0.2) is 0 Å². The van der Waals surface area contributed by atoms with E-state index in [1.165, 1.54) is 0 Å². The normalized spacial score (nSPS) is 13.3. The average molecular weight is 346 g/mol. The van der Waals surface area contributed by atoms with Crippen LogP contribution in [0.3, 0.4) is 0 Å².